The third-order valence-electron chi connectivity index (χ3n) is 2.43. The second-order valence-electron chi connectivity index (χ2n) is 3.00. The van der Waals surface area contributed by atoms with Gasteiger partial charge in [0, 0.05) is 13.5 Å². The molecule has 2 aliphatic rings. The number of methoxy groups -OCH3 is 2. The highest BCUT2D eigenvalue weighted by atomic mass is 16.5. The third-order valence-corrected chi connectivity index (χ3v) is 2.43. The van der Waals surface area contributed by atoms with E-state index in [9.17, 15) is 0 Å². The molecule has 2 rings (SSSR count). The third kappa shape index (κ3) is 0.897. The quantitative estimate of drug-likeness (QED) is 0.598. The molecule has 0 amide bonds. The van der Waals surface area contributed by atoms with Crippen LogP contribution in [0.4, 0.5) is 0 Å². The zero-order chi connectivity index (χ0) is 7.84. The normalized spacial score (nSPS) is 27.8. The van der Waals surface area contributed by atoms with Crippen molar-refractivity contribution in [1.82, 2.24) is 0 Å². The molecule has 0 radical (unpaired) electrons. The highest BCUT2D eigenvalue weighted by Gasteiger charge is 2.31. The second-order valence-corrected chi connectivity index (χ2v) is 3.00. The second kappa shape index (κ2) is 2.38. The predicted molar refractivity (Wildman–Crippen MR) is 42.1 cm³/mol. The maximum Gasteiger partial charge on any atom is 0.118 e. The Bertz CT molecular complexity index is 238. The molecule has 0 saturated heterocycles. The van der Waals surface area contributed by atoms with Crippen LogP contribution in [0.5, 0.6) is 0 Å². The van der Waals surface area contributed by atoms with E-state index in [0.717, 1.165) is 18.6 Å². The largest absolute Gasteiger partial charge is 0.497 e. The first-order valence-electron chi connectivity index (χ1n) is 3.84. The number of rotatable bonds is 2. The summed E-state index contributed by atoms with van der Waals surface area (Å²) in [5, 5.41) is 0. The van der Waals surface area contributed by atoms with Crippen LogP contribution in [0, 0.1) is 0 Å². The highest BCUT2D eigenvalue weighted by Crippen LogP contribution is 2.40. The van der Waals surface area contributed by atoms with Gasteiger partial charge in [0.15, 0.2) is 0 Å². The molecule has 1 unspecified atom stereocenters. The molecular weight excluding hydrogens is 140 g/mol. The summed E-state index contributed by atoms with van der Waals surface area (Å²) < 4.78 is 10.5. The molecular formula is C9H12O2. The van der Waals surface area contributed by atoms with Crippen LogP contribution in [0.1, 0.15) is 12.8 Å². The Hall–Kier alpha value is -0.760. The lowest BCUT2D eigenvalue weighted by Gasteiger charge is -2.12. The van der Waals surface area contributed by atoms with Crippen molar-refractivity contribution >= 4 is 0 Å². The van der Waals surface area contributed by atoms with E-state index < -0.39 is 0 Å². The van der Waals surface area contributed by atoms with Gasteiger partial charge in [-0.15, -0.1) is 0 Å². The van der Waals surface area contributed by atoms with Gasteiger partial charge in [0.1, 0.15) is 5.76 Å². The molecule has 2 heteroatoms. The van der Waals surface area contributed by atoms with E-state index >= 15 is 0 Å². The number of hydrogen-bond acceptors (Lipinski definition) is 2. The summed E-state index contributed by atoms with van der Waals surface area (Å²) in [6.07, 6.45) is 4.55. The van der Waals surface area contributed by atoms with Gasteiger partial charge in [0.05, 0.1) is 13.2 Å². The van der Waals surface area contributed by atoms with Crippen LogP contribution in [0.15, 0.2) is 23.0 Å². The van der Waals surface area contributed by atoms with Crippen LogP contribution in [0.3, 0.4) is 0 Å². The molecule has 0 aromatic carbocycles. The molecule has 1 atom stereocenters. The Labute approximate surface area is 66.5 Å². The van der Waals surface area contributed by atoms with Crippen molar-refractivity contribution in [3.63, 3.8) is 0 Å². The number of hydrogen-bond donors (Lipinski definition) is 0. The van der Waals surface area contributed by atoms with Gasteiger partial charge in [-0.05, 0) is 23.6 Å². The summed E-state index contributed by atoms with van der Waals surface area (Å²) in [5.74, 6) is 1.06. The smallest absolute Gasteiger partial charge is 0.118 e. The van der Waals surface area contributed by atoms with E-state index in [2.05, 4.69) is 6.08 Å². The van der Waals surface area contributed by atoms with Gasteiger partial charge in [-0.1, -0.05) is 0 Å². The monoisotopic (exact) mass is 152 g/mol. The molecule has 0 aliphatic heterocycles. The van der Waals surface area contributed by atoms with Crippen LogP contribution < -0.4 is 0 Å². The van der Waals surface area contributed by atoms with Crippen LogP contribution in [0.25, 0.3) is 0 Å². The molecule has 0 aromatic rings. The van der Waals surface area contributed by atoms with Crippen LogP contribution in [0.2, 0.25) is 0 Å². The molecule has 11 heavy (non-hydrogen) atoms. The lowest BCUT2D eigenvalue weighted by Crippen LogP contribution is -2.09. The van der Waals surface area contributed by atoms with Gasteiger partial charge in [0.25, 0.3) is 0 Å². The predicted octanol–water partition coefficient (Wildman–Crippen LogP) is 1.64. The zero-order valence-electron chi connectivity index (χ0n) is 6.89. The molecule has 1 fully saturated rings. The topological polar surface area (TPSA) is 18.5 Å². The average molecular weight is 152 g/mol. The Morgan fingerprint density at radius 3 is 2.73 bits per heavy atom. The summed E-state index contributed by atoms with van der Waals surface area (Å²) >= 11 is 0. The van der Waals surface area contributed by atoms with E-state index in [-0.39, 0.29) is 0 Å². The molecule has 0 heterocycles. The molecule has 1 saturated carbocycles. The van der Waals surface area contributed by atoms with E-state index in [1.807, 2.05) is 0 Å². The van der Waals surface area contributed by atoms with Crippen molar-refractivity contribution < 1.29 is 9.47 Å². The van der Waals surface area contributed by atoms with E-state index in [1.165, 1.54) is 11.1 Å². The Morgan fingerprint density at radius 1 is 1.45 bits per heavy atom. The van der Waals surface area contributed by atoms with Crippen molar-refractivity contribution in [2.24, 2.45) is 0 Å². The fourth-order valence-corrected chi connectivity index (χ4v) is 1.83. The zero-order valence-corrected chi connectivity index (χ0v) is 6.89. The molecule has 2 aliphatic carbocycles. The number of ether oxygens (including phenoxy) is 2. The van der Waals surface area contributed by atoms with Crippen molar-refractivity contribution in [3.05, 3.63) is 23.0 Å². The minimum absolute atomic E-state index is 0.337. The average Bonchev–Trinajstić information content (AvgIpc) is 2.60. The van der Waals surface area contributed by atoms with Gasteiger partial charge in [0.2, 0.25) is 0 Å². The molecule has 2 bridgehead atoms. The Morgan fingerprint density at radius 2 is 2.27 bits per heavy atom. The van der Waals surface area contributed by atoms with Gasteiger partial charge in [-0.25, -0.2) is 0 Å². The lowest BCUT2D eigenvalue weighted by atomic mass is 10.1. The van der Waals surface area contributed by atoms with Crippen molar-refractivity contribution in [3.8, 4) is 0 Å². The van der Waals surface area contributed by atoms with Gasteiger partial charge >= 0.3 is 0 Å². The first-order chi connectivity index (χ1) is 5.35. The SMILES string of the molecule is COC1=C2CC(=C1)C(OC)C2. The summed E-state index contributed by atoms with van der Waals surface area (Å²) in [7, 11) is 3.49. The minimum Gasteiger partial charge on any atom is -0.497 e. The fraction of sp³-hybridized carbons (Fsp3) is 0.556. The number of allylic oxidation sites excluding steroid dienone is 1. The van der Waals surface area contributed by atoms with E-state index in [4.69, 9.17) is 9.47 Å². The van der Waals surface area contributed by atoms with E-state index in [1.54, 1.807) is 14.2 Å². The molecule has 2 nitrogen and oxygen atoms in total. The summed E-state index contributed by atoms with van der Waals surface area (Å²) in [4.78, 5) is 0. The molecule has 60 valence electrons. The van der Waals surface area contributed by atoms with Crippen LogP contribution in [-0.2, 0) is 9.47 Å². The first kappa shape index (κ1) is 6.92. The molecule has 0 spiro atoms. The summed E-state index contributed by atoms with van der Waals surface area (Å²) in [6.45, 7) is 0. The lowest BCUT2D eigenvalue weighted by molar-refractivity contribution is 0.137. The Kier molecular flexibility index (Phi) is 1.50. The molecule has 0 aromatic heterocycles. The minimum atomic E-state index is 0.337. The fourth-order valence-electron chi connectivity index (χ4n) is 1.83. The van der Waals surface area contributed by atoms with Crippen molar-refractivity contribution in [2.75, 3.05) is 14.2 Å². The van der Waals surface area contributed by atoms with Crippen molar-refractivity contribution in [1.29, 1.82) is 0 Å². The van der Waals surface area contributed by atoms with Gasteiger partial charge in [-0.2, -0.15) is 0 Å². The highest BCUT2D eigenvalue weighted by molar-refractivity contribution is 5.44. The van der Waals surface area contributed by atoms with Gasteiger partial charge < -0.3 is 9.47 Å². The van der Waals surface area contributed by atoms with Crippen LogP contribution >= 0.6 is 0 Å². The maximum absolute atomic E-state index is 5.28. The van der Waals surface area contributed by atoms with Gasteiger partial charge in [-0.3, -0.25) is 0 Å². The van der Waals surface area contributed by atoms with Crippen LogP contribution in [-0.4, -0.2) is 20.3 Å². The summed E-state index contributed by atoms with van der Waals surface area (Å²) in [6, 6.07) is 0. The molecule has 0 N–H and O–H groups in total. The standard InChI is InChI=1S/C9H12O2/c1-10-8-4-7-3-6(8)5-9(7)11-2/h4,9H,3,5H2,1-2H3. The van der Waals surface area contributed by atoms with E-state index in [0.29, 0.717) is 6.10 Å². The Balaban J connectivity index is 2.20. The maximum atomic E-state index is 5.28. The summed E-state index contributed by atoms with van der Waals surface area (Å²) in [5.41, 5.74) is 2.77. The first-order valence-corrected chi connectivity index (χ1v) is 3.84. The number of fused-ring (bicyclic) bond motifs is 2. The van der Waals surface area contributed by atoms with Crippen molar-refractivity contribution in [2.45, 2.75) is 18.9 Å².